The normalized spacial score (nSPS) is 16.1. The van der Waals surface area contributed by atoms with Gasteiger partial charge in [-0.3, -0.25) is 9.59 Å². The highest BCUT2D eigenvalue weighted by Gasteiger charge is 2.37. The van der Waals surface area contributed by atoms with Crippen LogP contribution in [-0.2, 0) is 16.1 Å². The first kappa shape index (κ1) is 20.8. The summed E-state index contributed by atoms with van der Waals surface area (Å²) in [4.78, 5) is 28.6. The van der Waals surface area contributed by atoms with Crippen LogP contribution in [0, 0.1) is 25.6 Å². The van der Waals surface area contributed by atoms with Crippen LogP contribution in [0.1, 0.15) is 23.4 Å². The zero-order chi connectivity index (χ0) is 22.1. The maximum Gasteiger partial charge on any atom is 0.228 e. The number of anilines is 1. The molecule has 2 heterocycles. The van der Waals surface area contributed by atoms with Gasteiger partial charge in [0.1, 0.15) is 5.82 Å². The quantitative estimate of drug-likeness (QED) is 0.633. The smallest absolute Gasteiger partial charge is 0.228 e. The number of carbonyl (C=O) groups excluding carboxylic acids is 2. The van der Waals surface area contributed by atoms with E-state index in [1.165, 1.54) is 11.0 Å². The van der Waals surface area contributed by atoms with Gasteiger partial charge in [0, 0.05) is 37.8 Å². The van der Waals surface area contributed by atoms with Crippen LogP contribution in [0.4, 0.5) is 10.1 Å². The van der Waals surface area contributed by atoms with Crippen molar-refractivity contribution in [2.45, 2.75) is 26.8 Å². The summed E-state index contributed by atoms with van der Waals surface area (Å²) in [5, 5.41) is 4.64. The first-order valence-electron chi connectivity index (χ1n) is 10.3. The molecule has 0 radical (unpaired) electrons. The topological polar surface area (TPSA) is 58.4 Å². The van der Waals surface area contributed by atoms with Crippen LogP contribution in [0.2, 0.25) is 0 Å². The van der Waals surface area contributed by atoms with Gasteiger partial charge < -0.3 is 9.80 Å². The van der Waals surface area contributed by atoms with Crippen molar-refractivity contribution >= 4 is 17.5 Å². The fourth-order valence-electron chi connectivity index (χ4n) is 4.13. The average Bonchev–Trinajstić information content (AvgIpc) is 3.29. The monoisotopic (exact) mass is 420 g/mol. The molecule has 1 aliphatic rings. The molecule has 6 nitrogen and oxygen atoms in total. The number of rotatable bonds is 5. The van der Waals surface area contributed by atoms with E-state index in [0.29, 0.717) is 6.54 Å². The number of carbonyl (C=O) groups is 2. The Hall–Kier alpha value is -3.48. The maximum absolute atomic E-state index is 14.1. The van der Waals surface area contributed by atoms with Crippen LogP contribution in [0.3, 0.4) is 0 Å². The Morgan fingerprint density at radius 1 is 1.13 bits per heavy atom. The van der Waals surface area contributed by atoms with E-state index in [4.69, 9.17) is 0 Å². The number of hydrogen-bond donors (Lipinski definition) is 0. The van der Waals surface area contributed by atoms with Gasteiger partial charge in [0.05, 0.1) is 23.0 Å². The summed E-state index contributed by atoms with van der Waals surface area (Å²) in [5.41, 5.74) is 4.00. The minimum atomic E-state index is -0.498. The Labute approximate surface area is 180 Å². The summed E-state index contributed by atoms with van der Waals surface area (Å²) in [6.45, 7) is 4.50. The van der Waals surface area contributed by atoms with Gasteiger partial charge in [-0.15, -0.1) is 0 Å². The number of aromatic nitrogens is 2. The Morgan fingerprint density at radius 3 is 2.52 bits per heavy atom. The van der Waals surface area contributed by atoms with E-state index in [-0.39, 0.29) is 30.5 Å². The molecule has 1 atom stereocenters. The van der Waals surface area contributed by atoms with E-state index in [1.54, 1.807) is 30.1 Å². The van der Waals surface area contributed by atoms with Gasteiger partial charge in [0.2, 0.25) is 11.8 Å². The van der Waals surface area contributed by atoms with Crippen LogP contribution < -0.4 is 4.90 Å². The SMILES string of the molecule is Cc1nn(-c2ccccc2)c(C)c1CN(C)C(=O)C1CC(=O)N(c2ccccc2F)C1. The minimum absolute atomic E-state index is 0.0821. The molecule has 1 fully saturated rings. The van der Waals surface area contributed by atoms with Gasteiger partial charge in [-0.1, -0.05) is 30.3 Å². The van der Waals surface area contributed by atoms with E-state index in [0.717, 1.165) is 22.6 Å². The molecular weight excluding hydrogens is 395 g/mol. The highest BCUT2D eigenvalue weighted by molar-refractivity contribution is 6.00. The number of halogens is 1. The van der Waals surface area contributed by atoms with Crippen molar-refractivity contribution in [1.29, 1.82) is 0 Å². The molecule has 2 amide bonds. The molecule has 1 saturated heterocycles. The van der Waals surface area contributed by atoms with Crippen LogP contribution in [0.25, 0.3) is 5.69 Å². The van der Waals surface area contributed by atoms with E-state index in [2.05, 4.69) is 5.10 Å². The second-order valence-electron chi connectivity index (χ2n) is 7.95. The molecule has 0 aliphatic carbocycles. The van der Waals surface area contributed by atoms with Crippen molar-refractivity contribution < 1.29 is 14.0 Å². The standard InChI is InChI=1S/C24H25FN4O2/c1-16-20(17(2)29(26-16)19-9-5-4-6-10-19)15-27(3)24(31)18-13-23(30)28(14-18)22-12-8-7-11-21(22)25/h4-12,18H,13-15H2,1-3H3. The van der Waals surface area contributed by atoms with Gasteiger partial charge >= 0.3 is 0 Å². The lowest BCUT2D eigenvalue weighted by Crippen LogP contribution is -2.34. The Kier molecular flexibility index (Phi) is 5.59. The zero-order valence-electron chi connectivity index (χ0n) is 17.9. The molecular formula is C24H25FN4O2. The molecule has 3 aromatic rings. The third-order valence-electron chi connectivity index (χ3n) is 5.83. The van der Waals surface area contributed by atoms with E-state index in [1.807, 2.05) is 48.9 Å². The number of aryl methyl sites for hydroxylation is 1. The molecule has 160 valence electrons. The zero-order valence-corrected chi connectivity index (χ0v) is 17.9. The highest BCUT2D eigenvalue weighted by Crippen LogP contribution is 2.29. The van der Waals surface area contributed by atoms with E-state index < -0.39 is 11.7 Å². The first-order chi connectivity index (χ1) is 14.9. The third kappa shape index (κ3) is 3.95. The third-order valence-corrected chi connectivity index (χ3v) is 5.83. The summed E-state index contributed by atoms with van der Waals surface area (Å²) in [6.07, 6.45) is 0.0821. The lowest BCUT2D eigenvalue weighted by atomic mass is 10.1. The molecule has 31 heavy (non-hydrogen) atoms. The van der Waals surface area contributed by atoms with Gasteiger partial charge in [-0.05, 0) is 38.1 Å². The van der Waals surface area contributed by atoms with Crippen LogP contribution in [0.15, 0.2) is 54.6 Å². The summed E-state index contributed by atoms with van der Waals surface area (Å²) in [7, 11) is 1.73. The molecule has 0 N–H and O–H groups in total. The first-order valence-corrected chi connectivity index (χ1v) is 10.3. The van der Waals surface area contributed by atoms with Crippen LogP contribution in [0.5, 0.6) is 0 Å². The fourth-order valence-corrected chi connectivity index (χ4v) is 4.13. The Balaban J connectivity index is 1.49. The van der Waals surface area contributed by atoms with Crippen molar-refractivity contribution in [3.63, 3.8) is 0 Å². The Bertz CT molecular complexity index is 1130. The Morgan fingerprint density at radius 2 is 1.81 bits per heavy atom. The van der Waals surface area contributed by atoms with Crippen molar-refractivity contribution in [2.75, 3.05) is 18.5 Å². The molecule has 2 aromatic carbocycles. The van der Waals surface area contributed by atoms with Crippen LogP contribution in [-0.4, -0.2) is 40.1 Å². The number of amides is 2. The van der Waals surface area contributed by atoms with E-state index >= 15 is 0 Å². The summed E-state index contributed by atoms with van der Waals surface area (Å²) < 4.78 is 16.0. The lowest BCUT2D eigenvalue weighted by Gasteiger charge is -2.22. The number of benzene rings is 2. The van der Waals surface area contributed by atoms with Crippen molar-refractivity contribution in [2.24, 2.45) is 5.92 Å². The van der Waals surface area contributed by atoms with Crippen LogP contribution >= 0.6 is 0 Å². The molecule has 4 rings (SSSR count). The highest BCUT2D eigenvalue weighted by atomic mass is 19.1. The molecule has 7 heteroatoms. The number of para-hydroxylation sites is 2. The molecule has 1 aliphatic heterocycles. The average molecular weight is 420 g/mol. The van der Waals surface area contributed by atoms with E-state index in [9.17, 15) is 14.0 Å². The van der Waals surface area contributed by atoms with Gasteiger partial charge in [0.15, 0.2) is 0 Å². The predicted octanol–water partition coefficient (Wildman–Crippen LogP) is 3.64. The van der Waals surface area contributed by atoms with Crippen molar-refractivity contribution in [3.05, 3.63) is 77.4 Å². The fraction of sp³-hybridized carbons (Fsp3) is 0.292. The second kappa shape index (κ2) is 8.34. The number of nitrogens with zero attached hydrogens (tertiary/aromatic N) is 4. The lowest BCUT2D eigenvalue weighted by molar-refractivity contribution is -0.135. The molecule has 1 unspecified atom stereocenters. The molecule has 1 aromatic heterocycles. The van der Waals surface area contributed by atoms with Gasteiger partial charge in [-0.25, -0.2) is 9.07 Å². The largest absolute Gasteiger partial charge is 0.341 e. The predicted molar refractivity (Wildman–Crippen MR) is 116 cm³/mol. The van der Waals surface area contributed by atoms with Crippen molar-refractivity contribution in [1.82, 2.24) is 14.7 Å². The maximum atomic E-state index is 14.1. The molecule has 0 saturated carbocycles. The second-order valence-corrected chi connectivity index (χ2v) is 7.95. The summed E-state index contributed by atoms with van der Waals surface area (Å²) in [6, 6.07) is 16.0. The van der Waals surface area contributed by atoms with Crippen molar-refractivity contribution in [3.8, 4) is 5.69 Å². The van der Waals surface area contributed by atoms with Gasteiger partial charge in [-0.2, -0.15) is 5.10 Å². The number of hydrogen-bond acceptors (Lipinski definition) is 3. The summed E-state index contributed by atoms with van der Waals surface area (Å²) >= 11 is 0. The van der Waals surface area contributed by atoms with Gasteiger partial charge in [0.25, 0.3) is 0 Å². The molecule has 0 bridgehead atoms. The summed E-state index contributed by atoms with van der Waals surface area (Å²) in [5.74, 6) is -1.32. The molecule has 0 spiro atoms. The minimum Gasteiger partial charge on any atom is -0.341 e.